The average Bonchev–Trinajstić information content (AvgIpc) is 3.13. The van der Waals surface area contributed by atoms with E-state index in [0.29, 0.717) is 32.6 Å². The molecule has 1 atom stereocenters. The Morgan fingerprint density at radius 2 is 1.70 bits per heavy atom. The summed E-state index contributed by atoms with van der Waals surface area (Å²) >= 11 is 0. The number of likely N-dealkylation sites (N-methyl/N-ethyl adjacent to an activating group) is 1. The normalized spacial score (nSPS) is 20.5. The van der Waals surface area contributed by atoms with Crippen LogP contribution in [-0.2, 0) is 29.0 Å². The van der Waals surface area contributed by atoms with Gasteiger partial charge in [-0.1, -0.05) is 6.92 Å². The maximum absolute atomic E-state index is 13.4. The number of H-pyrrole nitrogens is 1. The SMILES string of the molecule is CN(CC(=O)N1CCN(c2ncc(C(F)(F)F)cn2)CC1)CC1(C)CCc2c1n[nH]c(=O)c2C(F)(F)F. The smallest absolute Gasteiger partial charge is 0.338 e. The van der Waals surface area contributed by atoms with Gasteiger partial charge in [0.2, 0.25) is 11.9 Å². The minimum absolute atomic E-state index is 0.0111. The summed E-state index contributed by atoms with van der Waals surface area (Å²) in [7, 11) is 1.68. The van der Waals surface area contributed by atoms with Gasteiger partial charge in [-0.2, -0.15) is 31.4 Å². The number of amides is 1. The molecule has 0 saturated carbocycles. The summed E-state index contributed by atoms with van der Waals surface area (Å²) in [5, 5.41) is 5.89. The Morgan fingerprint density at radius 1 is 1.08 bits per heavy atom. The van der Waals surface area contributed by atoms with E-state index in [2.05, 4.69) is 15.1 Å². The summed E-state index contributed by atoms with van der Waals surface area (Å²) in [6.07, 6.45) is -7.46. The van der Waals surface area contributed by atoms with Crippen molar-refractivity contribution in [3.05, 3.63) is 45.1 Å². The summed E-state index contributed by atoms with van der Waals surface area (Å²) < 4.78 is 78.4. The quantitative estimate of drug-likeness (QED) is 0.588. The predicted octanol–water partition coefficient (Wildman–Crippen LogP) is 2.08. The van der Waals surface area contributed by atoms with Crippen LogP contribution in [0.2, 0.25) is 0 Å². The summed E-state index contributed by atoms with van der Waals surface area (Å²) in [5.74, 6) is -0.0449. The third-order valence-electron chi connectivity index (χ3n) is 6.77. The number of aromatic amines is 1. The summed E-state index contributed by atoms with van der Waals surface area (Å²) in [6.45, 7) is 3.32. The molecular weight excluding hydrogens is 508 g/mol. The summed E-state index contributed by atoms with van der Waals surface area (Å²) in [4.78, 5) is 37.2. The van der Waals surface area contributed by atoms with Gasteiger partial charge in [-0.3, -0.25) is 14.5 Å². The summed E-state index contributed by atoms with van der Waals surface area (Å²) in [6, 6.07) is 0. The average molecular weight is 533 g/mol. The summed E-state index contributed by atoms with van der Waals surface area (Å²) in [5.41, 5.74) is -4.12. The van der Waals surface area contributed by atoms with Gasteiger partial charge in [-0.05, 0) is 25.5 Å². The Hall–Kier alpha value is -3.23. The molecule has 2 aliphatic rings. The maximum atomic E-state index is 13.4. The van der Waals surface area contributed by atoms with Crippen molar-refractivity contribution in [3.8, 4) is 0 Å². The lowest BCUT2D eigenvalue weighted by molar-refractivity contribution is -0.139. The molecule has 0 aromatic carbocycles. The zero-order chi connectivity index (χ0) is 27.2. The fourth-order valence-corrected chi connectivity index (χ4v) is 4.97. The van der Waals surface area contributed by atoms with E-state index in [4.69, 9.17) is 0 Å². The van der Waals surface area contributed by atoms with Crippen LogP contribution >= 0.6 is 0 Å². The van der Waals surface area contributed by atoms with E-state index in [0.717, 1.165) is 12.4 Å². The van der Waals surface area contributed by atoms with Gasteiger partial charge in [0.05, 0.1) is 17.8 Å². The molecule has 0 bridgehead atoms. The van der Waals surface area contributed by atoms with Crippen LogP contribution in [0, 0.1) is 0 Å². The highest BCUT2D eigenvalue weighted by molar-refractivity contribution is 5.78. The number of anilines is 1. The number of nitrogens with one attached hydrogen (secondary N) is 1. The molecule has 1 unspecified atom stereocenters. The molecule has 3 heterocycles. The second-order valence-electron chi connectivity index (χ2n) is 9.62. The first kappa shape index (κ1) is 26.8. The zero-order valence-electron chi connectivity index (χ0n) is 20.1. The first-order chi connectivity index (χ1) is 17.2. The van der Waals surface area contributed by atoms with E-state index in [1.807, 2.05) is 5.10 Å². The minimum atomic E-state index is -4.79. The second-order valence-corrected chi connectivity index (χ2v) is 9.62. The van der Waals surface area contributed by atoms with Gasteiger partial charge in [0.15, 0.2) is 0 Å². The van der Waals surface area contributed by atoms with E-state index in [1.54, 1.807) is 28.7 Å². The van der Waals surface area contributed by atoms with Crippen molar-refractivity contribution in [3.63, 3.8) is 0 Å². The molecule has 1 amide bonds. The number of carbonyl (C=O) groups excluding carboxylic acids is 1. The van der Waals surface area contributed by atoms with Crippen LogP contribution < -0.4 is 10.5 Å². The molecule has 15 heteroatoms. The predicted molar refractivity (Wildman–Crippen MR) is 119 cm³/mol. The third-order valence-corrected chi connectivity index (χ3v) is 6.77. The van der Waals surface area contributed by atoms with Crippen LogP contribution in [0.1, 0.15) is 35.7 Å². The molecule has 4 rings (SSSR count). The Labute approximate surface area is 207 Å². The Morgan fingerprint density at radius 3 is 2.27 bits per heavy atom. The molecule has 37 heavy (non-hydrogen) atoms. The first-order valence-corrected chi connectivity index (χ1v) is 11.5. The Kier molecular flexibility index (Phi) is 6.94. The van der Waals surface area contributed by atoms with Crippen LogP contribution in [0.3, 0.4) is 0 Å². The van der Waals surface area contributed by atoms with Gasteiger partial charge >= 0.3 is 12.4 Å². The van der Waals surface area contributed by atoms with E-state index in [1.165, 1.54) is 0 Å². The number of alkyl halides is 6. The Bertz CT molecular complexity index is 1210. The molecule has 2 aromatic rings. The Balaban J connectivity index is 1.34. The molecule has 1 N–H and O–H groups in total. The lowest BCUT2D eigenvalue weighted by Crippen LogP contribution is -2.52. The van der Waals surface area contributed by atoms with Crippen molar-refractivity contribution in [2.45, 2.75) is 37.5 Å². The molecule has 1 saturated heterocycles. The molecule has 2 aromatic heterocycles. The lowest BCUT2D eigenvalue weighted by atomic mass is 9.87. The monoisotopic (exact) mass is 533 g/mol. The second kappa shape index (κ2) is 9.58. The number of hydrogen-bond donors (Lipinski definition) is 1. The topological polar surface area (TPSA) is 98.3 Å². The van der Waals surface area contributed by atoms with Crippen molar-refractivity contribution in [1.29, 1.82) is 0 Å². The number of carbonyl (C=O) groups is 1. The highest BCUT2D eigenvalue weighted by Gasteiger charge is 2.45. The van der Waals surface area contributed by atoms with Crippen LogP contribution in [0.4, 0.5) is 32.3 Å². The zero-order valence-corrected chi connectivity index (χ0v) is 20.1. The lowest BCUT2D eigenvalue weighted by Gasteiger charge is -2.36. The molecule has 1 aliphatic heterocycles. The molecule has 9 nitrogen and oxygen atoms in total. The molecular formula is C22H25F6N7O2. The fraction of sp³-hybridized carbons (Fsp3) is 0.591. The van der Waals surface area contributed by atoms with Gasteiger partial charge in [-0.15, -0.1) is 0 Å². The standard InChI is InChI=1S/C22H25F6N7O2/c1-20(4-3-14-16(22(26,27)28)18(37)32-31-17(14)20)12-33(2)11-15(36)34-5-7-35(8-6-34)19-29-9-13(10-30-19)21(23,24)25/h9-10H,3-8,11-12H2,1-2H3,(H,32,37). The van der Waals surface area contributed by atoms with E-state index in [9.17, 15) is 35.9 Å². The molecule has 0 radical (unpaired) electrons. The number of hydrogen-bond acceptors (Lipinski definition) is 7. The number of aromatic nitrogens is 4. The molecule has 202 valence electrons. The number of fused-ring (bicyclic) bond motifs is 1. The van der Waals surface area contributed by atoms with Crippen molar-refractivity contribution in [2.75, 3.05) is 51.2 Å². The number of halogens is 6. The van der Waals surface area contributed by atoms with Gasteiger partial charge in [0.25, 0.3) is 5.56 Å². The van der Waals surface area contributed by atoms with E-state index >= 15 is 0 Å². The van der Waals surface area contributed by atoms with Gasteiger partial charge in [0, 0.05) is 50.5 Å². The first-order valence-electron chi connectivity index (χ1n) is 11.5. The largest absolute Gasteiger partial charge is 0.422 e. The minimum Gasteiger partial charge on any atom is -0.338 e. The van der Waals surface area contributed by atoms with Crippen LogP contribution in [0.5, 0.6) is 0 Å². The number of nitrogens with zero attached hydrogens (tertiary/aromatic N) is 6. The highest BCUT2D eigenvalue weighted by Crippen LogP contribution is 2.42. The highest BCUT2D eigenvalue weighted by atomic mass is 19.4. The van der Waals surface area contributed by atoms with Crippen molar-refractivity contribution < 1.29 is 31.1 Å². The van der Waals surface area contributed by atoms with Crippen molar-refractivity contribution >= 4 is 11.9 Å². The third kappa shape index (κ3) is 5.55. The van der Waals surface area contributed by atoms with Gasteiger partial charge in [-0.25, -0.2) is 15.1 Å². The molecule has 1 fully saturated rings. The maximum Gasteiger partial charge on any atom is 0.422 e. The fourth-order valence-electron chi connectivity index (χ4n) is 4.97. The molecule has 0 spiro atoms. The van der Waals surface area contributed by atoms with E-state index < -0.39 is 34.5 Å². The number of piperazine rings is 1. The van der Waals surface area contributed by atoms with Crippen LogP contribution in [0.25, 0.3) is 0 Å². The van der Waals surface area contributed by atoms with Gasteiger partial charge in [0.1, 0.15) is 5.56 Å². The van der Waals surface area contributed by atoms with Gasteiger partial charge < -0.3 is 9.80 Å². The van der Waals surface area contributed by atoms with Crippen molar-refractivity contribution in [1.82, 2.24) is 30.0 Å². The van der Waals surface area contributed by atoms with Crippen molar-refractivity contribution in [2.24, 2.45) is 0 Å². The van der Waals surface area contributed by atoms with E-state index in [-0.39, 0.29) is 42.6 Å². The number of rotatable bonds is 5. The van der Waals surface area contributed by atoms with Crippen LogP contribution in [0.15, 0.2) is 17.2 Å². The van der Waals surface area contributed by atoms with Crippen LogP contribution in [-0.4, -0.2) is 82.2 Å². The molecule has 1 aliphatic carbocycles.